The molecule has 0 saturated carbocycles. The predicted octanol–water partition coefficient (Wildman–Crippen LogP) is 1.25. The second-order valence-electron chi connectivity index (χ2n) is 6.20. The number of carbonyl (C=O) groups is 2. The molecule has 1 atom stereocenters. The third-order valence-electron chi connectivity index (χ3n) is 3.88. The standard InChI is InChI=1S/C16H25N5O2/c1-12-5-8-21(11-12)9-7-18-16(23)19-14-10-13(4-6-17-14)15(22)20(2)3/h4,6,10,12H,5,7-9,11H2,1-3H3,(H2,17,18,19,23). The van der Waals surface area contributed by atoms with Gasteiger partial charge in [-0.1, -0.05) is 6.92 Å². The number of hydrogen-bond donors (Lipinski definition) is 2. The Labute approximate surface area is 137 Å². The van der Waals surface area contributed by atoms with Crippen LogP contribution in [-0.4, -0.2) is 67.0 Å². The van der Waals surface area contributed by atoms with Gasteiger partial charge in [0.1, 0.15) is 5.82 Å². The Morgan fingerprint density at radius 1 is 1.43 bits per heavy atom. The van der Waals surface area contributed by atoms with Crippen LogP contribution in [0.15, 0.2) is 18.3 Å². The lowest BCUT2D eigenvalue weighted by Crippen LogP contribution is -2.36. The fraction of sp³-hybridized carbons (Fsp3) is 0.562. The van der Waals surface area contributed by atoms with E-state index in [4.69, 9.17) is 0 Å². The lowest BCUT2D eigenvalue weighted by molar-refractivity contribution is 0.0827. The van der Waals surface area contributed by atoms with Crippen LogP contribution >= 0.6 is 0 Å². The molecule has 0 spiro atoms. The first-order valence-corrected chi connectivity index (χ1v) is 7.90. The molecule has 7 nitrogen and oxygen atoms in total. The molecule has 1 fully saturated rings. The first-order valence-electron chi connectivity index (χ1n) is 7.90. The molecule has 1 aliphatic heterocycles. The van der Waals surface area contributed by atoms with Crippen LogP contribution in [0.1, 0.15) is 23.7 Å². The zero-order valence-corrected chi connectivity index (χ0v) is 14.0. The van der Waals surface area contributed by atoms with Gasteiger partial charge in [0.15, 0.2) is 0 Å². The topological polar surface area (TPSA) is 77.6 Å². The molecule has 2 heterocycles. The second kappa shape index (κ2) is 7.92. The summed E-state index contributed by atoms with van der Waals surface area (Å²) >= 11 is 0. The van der Waals surface area contributed by atoms with Gasteiger partial charge in [0.25, 0.3) is 5.91 Å². The van der Waals surface area contributed by atoms with E-state index < -0.39 is 0 Å². The lowest BCUT2D eigenvalue weighted by Gasteiger charge is -2.15. The summed E-state index contributed by atoms with van der Waals surface area (Å²) in [5, 5.41) is 5.48. The van der Waals surface area contributed by atoms with Crippen LogP contribution in [0.5, 0.6) is 0 Å². The zero-order valence-electron chi connectivity index (χ0n) is 14.0. The third-order valence-corrected chi connectivity index (χ3v) is 3.88. The highest BCUT2D eigenvalue weighted by Crippen LogP contribution is 2.13. The lowest BCUT2D eigenvalue weighted by atomic mass is 10.2. The number of nitrogens with one attached hydrogen (secondary N) is 2. The average molecular weight is 319 g/mol. The van der Waals surface area contributed by atoms with Crippen molar-refractivity contribution in [1.82, 2.24) is 20.1 Å². The Hall–Kier alpha value is -2.15. The van der Waals surface area contributed by atoms with Gasteiger partial charge < -0.3 is 15.1 Å². The van der Waals surface area contributed by atoms with Crippen molar-refractivity contribution in [2.75, 3.05) is 45.6 Å². The zero-order chi connectivity index (χ0) is 16.8. The molecule has 1 aliphatic rings. The summed E-state index contributed by atoms with van der Waals surface area (Å²) in [5.74, 6) is 0.981. The van der Waals surface area contributed by atoms with Crippen molar-refractivity contribution in [2.24, 2.45) is 5.92 Å². The van der Waals surface area contributed by atoms with Gasteiger partial charge in [-0.3, -0.25) is 10.1 Å². The minimum atomic E-state index is -0.306. The first kappa shape index (κ1) is 17.2. The van der Waals surface area contributed by atoms with Crippen LogP contribution in [0, 0.1) is 5.92 Å². The van der Waals surface area contributed by atoms with E-state index >= 15 is 0 Å². The Morgan fingerprint density at radius 2 is 2.22 bits per heavy atom. The maximum Gasteiger partial charge on any atom is 0.320 e. The van der Waals surface area contributed by atoms with E-state index in [-0.39, 0.29) is 11.9 Å². The molecule has 0 radical (unpaired) electrons. The minimum absolute atomic E-state index is 0.126. The summed E-state index contributed by atoms with van der Waals surface area (Å²) in [6, 6.07) is 2.89. The number of hydrogen-bond acceptors (Lipinski definition) is 4. The summed E-state index contributed by atoms with van der Waals surface area (Å²) in [5.41, 5.74) is 0.492. The number of aromatic nitrogens is 1. The molecule has 2 N–H and O–H groups in total. The monoisotopic (exact) mass is 319 g/mol. The highest BCUT2D eigenvalue weighted by Gasteiger charge is 2.18. The van der Waals surface area contributed by atoms with Crippen LogP contribution < -0.4 is 10.6 Å². The molecule has 0 aliphatic carbocycles. The molecule has 126 valence electrons. The van der Waals surface area contributed by atoms with Gasteiger partial charge in [0.05, 0.1) is 0 Å². The summed E-state index contributed by atoms with van der Waals surface area (Å²) in [7, 11) is 3.36. The van der Waals surface area contributed by atoms with Gasteiger partial charge >= 0.3 is 6.03 Å². The maximum absolute atomic E-state index is 11.9. The van der Waals surface area contributed by atoms with E-state index in [2.05, 4.69) is 27.4 Å². The number of urea groups is 1. The molecule has 0 aromatic carbocycles. The number of carbonyl (C=O) groups excluding carboxylic acids is 2. The minimum Gasteiger partial charge on any atom is -0.345 e. The molecule has 7 heteroatoms. The first-order chi connectivity index (χ1) is 11.0. The number of rotatable bonds is 5. The van der Waals surface area contributed by atoms with E-state index in [1.807, 2.05) is 0 Å². The van der Waals surface area contributed by atoms with Gasteiger partial charge in [-0.05, 0) is 31.0 Å². The molecular formula is C16H25N5O2. The van der Waals surface area contributed by atoms with E-state index in [0.29, 0.717) is 17.9 Å². The number of nitrogens with zero attached hydrogens (tertiary/aromatic N) is 3. The van der Waals surface area contributed by atoms with Gasteiger partial charge in [-0.25, -0.2) is 9.78 Å². The van der Waals surface area contributed by atoms with Crippen molar-refractivity contribution in [3.05, 3.63) is 23.9 Å². The molecular weight excluding hydrogens is 294 g/mol. The van der Waals surface area contributed by atoms with Gasteiger partial charge in [0, 0.05) is 45.5 Å². The molecule has 2 rings (SSSR count). The summed E-state index contributed by atoms with van der Waals surface area (Å²) in [6.07, 6.45) is 2.74. The van der Waals surface area contributed by atoms with Gasteiger partial charge in [0.2, 0.25) is 0 Å². The van der Waals surface area contributed by atoms with E-state index in [9.17, 15) is 9.59 Å². The van der Waals surface area contributed by atoms with Crippen molar-refractivity contribution in [3.63, 3.8) is 0 Å². The normalized spacial score (nSPS) is 17.8. The van der Waals surface area contributed by atoms with E-state index in [1.54, 1.807) is 26.2 Å². The number of anilines is 1. The molecule has 23 heavy (non-hydrogen) atoms. The van der Waals surface area contributed by atoms with E-state index in [1.165, 1.54) is 17.5 Å². The Morgan fingerprint density at radius 3 is 2.87 bits per heavy atom. The van der Waals surface area contributed by atoms with Crippen LogP contribution in [-0.2, 0) is 0 Å². The van der Waals surface area contributed by atoms with Crippen LogP contribution in [0.4, 0.5) is 10.6 Å². The predicted molar refractivity (Wildman–Crippen MR) is 89.5 cm³/mol. The summed E-state index contributed by atoms with van der Waals surface area (Å²) in [6.45, 7) is 5.88. The molecule has 1 aromatic rings. The van der Waals surface area contributed by atoms with Gasteiger partial charge in [-0.15, -0.1) is 0 Å². The number of likely N-dealkylation sites (tertiary alicyclic amines) is 1. The van der Waals surface area contributed by atoms with Crippen molar-refractivity contribution < 1.29 is 9.59 Å². The van der Waals surface area contributed by atoms with Crippen LogP contribution in [0.2, 0.25) is 0 Å². The molecule has 1 unspecified atom stereocenters. The smallest absolute Gasteiger partial charge is 0.320 e. The van der Waals surface area contributed by atoms with Crippen molar-refractivity contribution in [1.29, 1.82) is 0 Å². The second-order valence-corrected chi connectivity index (χ2v) is 6.20. The summed E-state index contributed by atoms with van der Waals surface area (Å²) in [4.78, 5) is 31.7. The summed E-state index contributed by atoms with van der Waals surface area (Å²) < 4.78 is 0. The number of pyridine rings is 1. The van der Waals surface area contributed by atoms with Crippen LogP contribution in [0.3, 0.4) is 0 Å². The van der Waals surface area contributed by atoms with Crippen molar-refractivity contribution in [3.8, 4) is 0 Å². The molecule has 3 amide bonds. The van der Waals surface area contributed by atoms with Crippen molar-refractivity contribution >= 4 is 17.8 Å². The van der Waals surface area contributed by atoms with Crippen molar-refractivity contribution in [2.45, 2.75) is 13.3 Å². The number of amides is 3. The maximum atomic E-state index is 11.9. The fourth-order valence-corrected chi connectivity index (χ4v) is 2.61. The van der Waals surface area contributed by atoms with E-state index in [0.717, 1.165) is 25.6 Å². The van der Waals surface area contributed by atoms with Gasteiger partial charge in [-0.2, -0.15) is 0 Å². The highest BCUT2D eigenvalue weighted by molar-refractivity contribution is 5.95. The Kier molecular flexibility index (Phi) is 5.92. The Bertz CT molecular complexity index is 561. The fourth-order valence-electron chi connectivity index (χ4n) is 2.61. The average Bonchev–Trinajstić information content (AvgIpc) is 2.92. The Balaban J connectivity index is 1.78. The largest absolute Gasteiger partial charge is 0.345 e. The molecule has 1 saturated heterocycles. The molecule has 1 aromatic heterocycles. The molecule has 0 bridgehead atoms. The van der Waals surface area contributed by atoms with Crippen LogP contribution in [0.25, 0.3) is 0 Å². The quantitative estimate of drug-likeness (QED) is 0.856. The SMILES string of the molecule is CC1CCN(CCNC(=O)Nc2cc(C(=O)N(C)C)ccn2)C1. The highest BCUT2D eigenvalue weighted by atomic mass is 16.2. The third kappa shape index (κ3) is 5.21.